The molecule has 0 aliphatic heterocycles. The van der Waals surface area contributed by atoms with E-state index in [-0.39, 0.29) is 17.2 Å². The number of nitriles is 1. The van der Waals surface area contributed by atoms with Gasteiger partial charge >= 0.3 is 5.97 Å². The first-order chi connectivity index (χ1) is 14.0. The fourth-order valence-electron chi connectivity index (χ4n) is 2.28. The predicted octanol–water partition coefficient (Wildman–Crippen LogP) is 2.07. The van der Waals surface area contributed by atoms with Gasteiger partial charge in [0.15, 0.2) is 6.10 Å². The highest BCUT2D eigenvalue weighted by Gasteiger charge is 2.34. The summed E-state index contributed by atoms with van der Waals surface area (Å²) in [5, 5.41) is 11.9. The molecule has 8 nitrogen and oxygen atoms in total. The molecular weight excluding hydrogens is 426 g/mol. The van der Waals surface area contributed by atoms with Gasteiger partial charge in [-0.1, -0.05) is 32.0 Å². The second kappa shape index (κ2) is 11.3. The van der Waals surface area contributed by atoms with Crippen LogP contribution in [0.5, 0.6) is 0 Å². The van der Waals surface area contributed by atoms with Crippen molar-refractivity contribution in [3.63, 3.8) is 0 Å². The van der Waals surface area contributed by atoms with Crippen LogP contribution in [-0.4, -0.2) is 50.0 Å². The monoisotopic (exact) mass is 455 g/mol. The molecule has 0 fully saturated rings. The van der Waals surface area contributed by atoms with Gasteiger partial charge in [0.1, 0.15) is 11.6 Å². The third-order valence-electron chi connectivity index (χ3n) is 4.68. The fourth-order valence-corrected chi connectivity index (χ4v) is 4.00. The van der Waals surface area contributed by atoms with Gasteiger partial charge in [-0.15, -0.1) is 0 Å². The summed E-state index contributed by atoms with van der Waals surface area (Å²) >= 11 is 1.45. The quantitative estimate of drug-likeness (QED) is 0.489. The molecule has 0 saturated heterocycles. The van der Waals surface area contributed by atoms with Gasteiger partial charge in [-0.3, -0.25) is 9.59 Å². The zero-order chi connectivity index (χ0) is 22.9. The number of benzene rings is 1. The van der Waals surface area contributed by atoms with Gasteiger partial charge in [0.05, 0.1) is 11.0 Å². The van der Waals surface area contributed by atoms with E-state index in [4.69, 9.17) is 4.74 Å². The Morgan fingerprint density at radius 1 is 1.23 bits per heavy atom. The molecular formula is C20H29N3O5S2. The fraction of sp³-hybridized carbons (Fsp3) is 0.550. The molecule has 166 valence electrons. The van der Waals surface area contributed by atoms with Crippen molar-refractivity contribution >= 4 is 33.7 Å². The minimum absolute atomic E-state index is 0.0273. The molecule has 0 spiro atoms. The number of sulfonamides is 1. The zero-order valence-corrected chi connectivity index (χ0v) is 19.5. The maximum Gasteiger partial charge on any atom is 0.324 e. The van der Waals surface area contributed by atoms with E-state index in [9.17, 15) is 23.3 Å². The van der Waals surface area contributed by atoms with Gasteiger partial charge in [-0.05, 0) is 50.3 Å². The van der Waals surface area contributed by atoms with Gasteiger partial charge in [0.25, 0.3) is 5.91 Å². The number of thioether (sulfide) groups is 1. The van der Waals surface area contributed by atoms with Crippen molar-refractivity contribution in [2.24, 2.45) is 5.92 Å². The molecule has 1 rings (SSSR count). The lowest BCUT2D eigenvalue weighted by Crippen LogP contribution is -2.53. The Kier molecular flexibility index (Phi) is 9.81. The Morgan fingerprint density at radius 2 is 1.83 bits per heavy atom. The molecule has 0 bridgehead atoms. The van der Waals surface area contributed by atoms with Crippen LogP contribution in [0.25, 0.3) is 0 Å². The number of nitrogens with one attached hydrogen (secondary N) is 2. The zero-order valence-electron chi connectivity index (χ0n) is 17.8. The van der Waals surface area contributed by atoms with E-state index >= 15 is 0 Å². The lowest BCUT2D eigenvalue weighted by molar-refractivity contribution is -0.157. The number of carbonyl (C=O) groups is 2. The molecule has 0 aromatic heterocycles. The number of carbonyl (C=O) groups excluding carboxylic acids is 2. The number of amides is 1. The number of rotatable bonds is 11. The summed E-state index contributed by atoms with van der Waals surface area (Å²) in [5.41, 5.74) is -1.12. The third kappa shape index (κ3) is 7.31. The van der Waals surface area contributed by atoms with Crippen LogP contribution in [0.3, 0.4) is 0 Å². The van der Waals surface area contributed by atoms with Crippen LogP contribution in [0.2, 0.25) is 0 Å². The minimum atomic E-state index is -3.94. The minimum Gasteiger partial charge on any atom is -0.451 e. The first-order valence-electron chi connectivity index (χ1n) is 9.47. The first-order valence-corrected chi connectivity index (χ1v) is 12.3. The molecule has 0 heterocycles. The van der Waals surface area contributed by atoms with Crippen molar-refractivity contribution < 1.29 is 22.7 Å². The average molecular weight is 456 g/mol. The summed E-state index contributed by atoms with van der Waals surface area (Å²) in [7, 11) is -3.94. The van der Waals surface area contributed by atoms with Crippen molar-refractivity contribution in [2.75, 3.05) is 12.0 Å². The summed E-state index contributed by atoms with van der Waals surface area (Å²) in [6, 6.07) is 8.59. The van der Waals surface area contributed by atoms with Crippen molar-refractivity contribution in [2.45, 2.75) is 56.7 Å². The van der Waals surface area contributed by atoms with Crippen LogP contribution in [0.1, 0.15) is 34.1 Å². The van der Waals surface area contributed by atoms with Gasteiger partial charge in [0, 0.05) is 0 Å². The highest BCUT2D eigenvalue weighted by molar-refractivity contribution is 7.98. The Balaban J connectivity index is 2.91. The molecule has 3 unspecified atom stereocenters. The van der Waals surface area contributed by atoms with E-state index in [0.717, 1.165) is 0 Å². The van der Waals surface area contributed by atoms with Gasteiger partial charge in [-0.25, -0.2) is 8.42 Å². The molecule has 2 N–H and O–H groups in total. The van der Waals surface area contributed by atoms with E-state index < -0.39 is 39.6 Å². The van der Waals surface area contributed by atoms with Crippen LogP contribution < -0.4 is 10.0 Å². The standard InChI is InChI=1S/C20H29N3O5S2/c1-14(2)20(4,13-21)22-18(24)15(3)28-19(25)17(11-12-29-5)23-30(26,27)16-9-7-6-8-10-16/h6-10,14-15,17,23H,11-12H2,1-5H3,(H,22,24). The average Bonchev–Trinajstić information content (AvgIpc) is 2.71. The Bertz CT molecular complexity index is 868. The van der Waals surface area contributed by atoms with Gasteiger partial charge < -0.3 is 10.1 Å². The van der Waals surface area contributed by atoms with Crippen molar-refractivity contribution in [1.29, 1.82) is 5.26 Å². The molecule has 3 atom stereocenters. The van der Waals surface area contributed by atoms with E-state index in [1.165, 1.54) is 30.8 Å². The van der Waals surface area contributed by atoms with Crippen LogP contribution >= 0.6 is 11.8 Å². The maximum absolute atomic E-state index is 12.6. The Hall–Kier alpha value is -2.09. The van der Waals surface area contributed by atoms with E-state index in [2.05, 4.69) is 16.1 Å². The number of hydrogen-bond donors (Lipinski definition) is 2. The van der Waals surface area contributed by atoms with Crippen LogP contribution in [-0.2, 0) is 24.3 Å². The van der Waals surface area contributed by atoms with Crippen molar-refractivity contribution in [1.82, 2.24) is 10.0 Å². The third-order valence-corrected chi connectivity index (χ3v) is 6.81. The summed E-state index contributed by atoms with van der Waals surface area (Å²) in [5.74, 6) is -1.14. The second-order valence-electron chi connectivity index (χ2n) is 7.31. The topological polar surface area (TPSA) is 125 Å². The normalized spacial score (nSPS) is 15.5. The molecule has 1 aromatic carbocycles. The largest absolute Gasteiger partial charge is 0.451 e. The molecule has 30 heavy (non-hydrogen) atoms. The SMILES string of the molecule is CSCCC(NS(=O)(=O)c1ccccc1)C(=O)OC(C)C(=O)NC(C)(C#N)C(C)C. The molecule has 0 aliphatic carbocycles. The summed E-state index contributed by atoms with van der Waals surface area (Å²) in [6.45, 7) is 6.54. The summed E-state index contributed by atoms with van der Waals surface area (Å²) in [6.07, 6.45) is 0.836. The first kappa shape index (κ1) is 25.9. The van der Waals surface area contributed by atoms with Crippen LogP contribution in [0.4, 0.5) is 0 Å². The maximum atomic E-state index is 12.6. The molecule has 0 aliphatic rings. The summed E-state index contributed by atoms with van der Waals surface area (Å²) in [4.78, 5) is 25.1. The molecule has 1 amide bonds. The Morgan fingerprint density at radius 3 is 2.33 bits per heavy atom. The van der Waals surface area contributed by atoms with Gasteiger partial charge in [-0.2, -0.15) is 21.7 Å². The van der Waals surface area contributed by atoms with Gasteiger partial charge in [0.2, 0.25) is 10.0 Å². The molecule has 1 aromatic rings. The van der Waals surface area contributed by atoms with E-state index in [1.807, 2.05) is 6.26 Å². The van der Waals surface area contributed by atoms with Crippen LogP contribution in [0, 0.1) is 17.2 Å². The lowest BCUT2D eigenvalue weighted by Gasteiger charge is -2.29. The highest BCUT2D eigenvalue weighted by atomic mass is 32.2. The lowest BCUT2D eigenvalue weighted by atomic mass is 9.90. The van der Waals surface area contributed by atoms with E-state index in [1.54, 1.807) is 39.0 Å². The molecule has 0 radical (unpaired) electrons. The highest BCUT2D eigenvalue weighted by Crippen LogP contribution is 2.16. The predicted molar refractivity (Wildman–Crippen MR) is 116 cm³/mol. The Labute approximate surface area is 182 Å². The second-order valence-corrected chi connectivity index (χ2v) is 10.0. The molecule has 0 saturated carbocycles. The summed E-state index contributed by atoms with van der Waals surface area (Å²) < 4.78 is 32.8. The number of nitrogens with zero attached hydrogens (tertiary/aromatic N) is 1. The smallest absolute Gasteiger partial charge is 0.324 e. The number of esters is 1. The number of hydrogen-bond acceptors (Lipinski definition) is 7. The van der Waals surface area contributed by atoms with Crippen molar-refractivity contribution in [3.05, 3.63) is 30.3 Å². The van der Waals surface area contributed by atoms with E-state index in [0.29, 0.717) is 5.75 Å². The van der Waals surface area contributed by atoms with Crippen LogP contribution in [0.15, 0.2) is 35.2 Å². The van der Waals surface area contributed by atoms with Crippen molar-refractivity contribution in [3.8, 4) is 6.07 Å². The number of ether oxygens (including phenoxy) is 1. The molecule has 10 heteroatoms.